The molecule has 2 N–H and O–H groups in total. The summed E-state index contributed by atoms with van der Waals surface area (Å²) in [5.41, 5.74) is -0.148. The molecule has 0 fully saturated rings. The van der Waals surface area contributed by atoms with Crippen molar-refractivity contribution >= 4 is 28.3 Å². The van der Waals surface area contributed by atoms with E-state index in [1.807, 2.05) is 0 Å². The highest BCUT2D eigenvalue weighted by Crippen LogP contribution is 1.85. The van der Waals surface area contributed by atoms with E-state index < -0.39 is 0 Å². The Morgan fingerprint density at radius 2 is 1.90 bits per heavy atom. The summed E-state index contributed by atoms with van der Waals surface area (Å²) in [5.74, 6) is -0.339. The largest absolute Gasteiger partial charge is 0.297 e. The van der Waals surface area contributed by atoms with Gasteiger partial charge in [-0.05, 0) is 12.2 Å². The molecular weight excluding hydrogens is 152 g/mol. The third-order valence-corrected chi connectivity index (χ3v) is 0.902. The Morgan fingerprint density at radius 3 is 2.20 bits per heavy atom. The van der Waals surface area contributed by atoms with Crippen molar-refractivity contribution in [3.8, 4) is 0 Å². The number of ketones is 1. The lowest BCUT2D eigenvalue weighted by molar-refractivity contribution is -0.111. The summed E-state index contributed by atoms with van der Waals surface area (Å²) >= 11 is 5.12. The van der Waals surface area contributed by atoms with Gasteiger partial charge in [0.2, 0.25) is 0 Å². The molecule has 0 unspecified atom stereocenters. The minimum atomic E-state index is -0.339. The molecule has 0 aliphatic heterocycles. The Kier molecular flexibility index (Phi) is 3.57. The summed E-state index contributed by atoms with van der Waals surface area (Å²) in [6, 6.07) is 0. The van der Waals surface area contributed by atoms with E-state index in [9.17, 15) is 4.79 Å². The smallest absolute Gasteiger partial charge is 0.177 e. The van der Waals surface area contributed by atoms with Gasteiger partial charge in [0.15, 0.2) is 5.78 Å². The van der Waals surface area contributed by atoms with E-state index in [0.717, 1.165) is 0 Å². The van der Waals surface area contributed by atoms with E-state index >= 15 is 0 Å². The van der Waals surface area contributed by atoms with Crippen molar-refractivity contribution in [3.05, 3.63) is 12.2 Å². The zero-order valence-corrected chi connectivity index (χ0v) is 6.20. The van der Waals surface area contributed by atoms with Gasteiger partial charge in [-0.1, -0.05) is 11.6 Å². The number of carbonyl (C=O) groups excluding carboxylic acids is 1. The van der Waals surface area contributed by atoms with E-state index in [0.29, 0.717) is 0 Å². The Bertz CT molecular complexity index is 208. The van der Waals surface area contributed by atoms with Gasteiger partial charge in [-0.2, -0.15) is 0 Å². The first kappa shape index (κ1) is 9.04. The van der Waals surface area contributed by atoms with Crippen LogP contribution in [0.25, 0.3) is 0 Å². The monoisotopic (exact) mass is 158 g/mol. The van der Waals surface area contributed by atoms with Crippen molar-refractivity contribution in [1.82, 2.24) is 0 Å². The van der Waals surface area contributed by atoms with E-state index in [2.05, 4.69) is 0 Å². The molecule has 54 valence electrons. The lowest BCUT2D eigenvalue weighted by atomic mass is 10.2. The van der Waals surface area contributed by atoms with Gasteiger partial charge in [-0.3, -0.25) is 15.6 Å². The third-order valence-electron chi connectivity index (χ3n) is 0.776. The zero-order chi connectivity index (χ0) is 8.15. The molecule has 0 saturated heterocycles. The third kappa shape index (κ3) is 3.97. The van der Waals surface area contributed by atoms with Gasteiger partial charge < -0.3 is 0 Å². The van der Waals surface area contributed by atoms with Crippen molar-refractivity contribution in [3.63, 3.8) is 0 Å². The molecule has 0 aliphatic rings. The van der Waals surface area contributed by atoms with Crippen LogP contribution in [0.4, 0.5) is 0 Å². The summed E-state index contributed by atoms with van der Waals surface area (Å²) < 4.78 is 0. The fourth-order valence-electron chi connectivity index (χ4n) is 0.274. The normalized spacial score (nSPS) is 9.80. The molecule has 4 heteroatoms. The van der Waals surface area contributed by atoms with Crippen LogP contribution in [0.3, 0.4) is 0 Å². The van der Waals surface area contributed by atoms with E-state index in [1.165, 1.54) is 19.1 Å². The van der Waals surface area contributed by atoms with Crippen LogP contribution in [0, 0.1) is 10.8 Å². The summed E-state index contributed by atoms with van der Waals surface area (Å²) in [6.45, 7) is 1.28. The topological polar surface area (TPSA) is 64.8 Å². The maximum Gasteiger partial charge on any atom is 0.177 e. The Balaban J connectivity index is 4.03. The number of carbonyl (C=O) groups is 1. The number of hydrogen-bond acceptors (Lipinski definition) is 3. The number of rotatable bonds is 3. The van der Waals surface area contributed by atoms with E-state index in [4.69, 9.17) is 22.4 Å². The predicted octanol–water partition coefficient (Wildman–Crippen LogP) is 1.37. The number of allylic oxidation sites excluding steroid dienone is 2. The van der Waals surface area contributed by atoms with Crippen molar-refractivity contribution in [1.29, 1.82) is 10.8 Å². The Hall–Kier alpha value is -0.960. The first-order valence-electron chi connectivity index (χ1n) is 2.55. The van der Waals surface area contributed by atoms with Gasteiger partial charge in [0.1, 0.15) is 5.17 Å². The molecule has 0 aliphatic carbocycles. The predicted molar refractivity (Wildman–Crippen MR) is 41.1 cm³/mol. The van der Waals surface area contributed by atoms with Crippen LogP contribution >= 0.6 is 11.6 Å². The number of nitrogens with one attached hydrogen (secondary N) is 2. The highest BCUT2D eigenvalue weighted by Gasteiger charge is 1.95. The van der Waals surface area contributed by atoms with Gasteiger partial charge >= 0.3 is 0 Å². The van der Waals surface area contributed by atoms with Crippen LogP contribution in [0.5, 0.6) is 0 Å². The summed E-state index contributed by atoms with van der Waals surface area (Å²) in [7, 11) is 0. The second-order valence-corrected chi connectivity index (χ2v) is 2.06. The van der Waals surface area contributed by atoms with Gasteiger partial charge in [0.05, 0.1) is 5.71 Å². The molecule has 0 aromatic heterocycles. The number of hydrogen-bond donors (Lipinski definition) is 2. The van der Waals surface area contributed by atoms with Crippen molar-refractivity contribution in [2.24, 2.45) is 0 Å². The van der Waals surface area contributed by atoms with Crippen molar-refractivity contribution in [2.45, 2.75) is 6.92 Å². The van der Waals surface area contributed by atoms with Crippen LogP contribution in [0.15, 0.2) is 12.2 Å². The second-order valence-electron chi connectivity index (χ2n) is 1.65. The molecule has 0 aromatic rings. The minimum absolute atomic E-state index is 0.148. The van der Waals surface area contributed by atoms with Gasteiger partial charge in [0, 0.05) is 6.92 Å². The molecule has 0 radical (unpaired) electrons. The molecule has 3 nitrogen and oxygen atoms in total. The van der Waals surface area contributed by atoms with Crippen LogP contribution in [-0.2, 0) is 4.79 Å². The fraction of sp³-hybridized carbons (Fsp3) is 0.167. The molecule has 0 aromatic carbocycles. The average Bonchev–Trinajstić information content (AvgIpc) is 1.82. The highest BCUT2D eigenvalue weighted by molar-refractivity contribution is 6.67. The molecule has 10 heavy (non-hydrogen) atoms. The summed E-state index contributed by atoms with van der Waals surface area (Å²) in [4.78, 5) is 10.4. The fourth-order valence-corrected chi connectivity index (χ4v) is 0.337. The van der Waals surface area contributed by atoms with Gasteiger partial charge in [-0.15, -0.1) is 0 Å². The Labute approximate surface area is 63.7 Å². The Morgan fingerprint density at radius 1 is 1.40 bits per heavy atom. The summed E-state index contributed by atoms with van der Waals surface area (Å²) in [5, 5.41) is 13.5. The highest BCUT2D eigenvalue weighted by atomic mass is 35.5. The molecule has 0 amide bonds. The lowest BCUT2D eigenvalue weighted by Gasteiger charge is -1.85. The molecular formula is C6H7ClN2O. The van der Waals surface area contributed by atoms with Crippen molar-refractivity contribution in [2.75, 3.05) is 0 Å². The van der Waals surface area contributed by atoms with E-state index in [1.54, 1.807) is 0 Å². The first-order valence-corrected chi connectivity index (χ1v) is 2.93. The van der Waals surface area contributed by atoms with Crippen LogP contribution in [-0.4, -0.2) is 16.7 Å². The minimum Gasteiger partial charge on any atom is -0.297 e. The standard InChI is InChI=1S/C6H7ClN2O/c1-4(10)5(8)2-3-6(7)9/h2-3,8-9H,1H3/b3-2-,8-5?,9-6?. The maximum atomic E-state index is 10.4. The molecule has 0 rings (SSSR count). The zero-order valence-electron chi connectivity index (χ0n) is 5.44. The van der Waals surface area contributed by atoms with Crippen LogP contribution in [0.1, 0.15) is 6.92 Å². The van der Waals surface area contributed by atoms with Crippen LogP contribution in [0.2, 0.25) is 0 Å². The number of halogens is 1. The quantitative estimate of drug-likeness (QED) is 0.599. The molecule has 0 bridgehead atoms. The molecule has 0 spiro atoms. The molecule has 0 heterocycles. The lowest BCUT2D eigenvalue weighted by Crippen LogP contribution is -2.03. The van der Waals surface area contributed by atoms with Gasteiger partial charge in [-0.25, -0.2) is 0 Å². The first-order chi connectivity index (χ1) is 4.54. The van der Waals surface area contributed by atoms with Crippen LogP contribution < -0.4 is 0 Å². The van der Waals surface area contributed by atoms with E-state index in [-0.39, 0.29) is 16.7 Å². The van der Waals surface area contributed by atoms with Crippen molar-refractivity contribution < 1.29 is 4.79 Å². The molecule has 0 atom stereocenters. The second kappa shape index (κ2) is 3.95. The SMILES string of the molecule is CC(=O)C(=N)/C=C\C(=N)Cl. The van der Waals surface area contributed by atoms with Gasteiger partial charge in [0.25, 0.3) is 0 Å². The summed E-state index contributed by atoms with van der Waals surface area (Å²) in [6.07, 6.45) is 2.38. The number of Topliss-reactive ketones (excluding diaryl/α,β-unsaturated/α-hetero) is 1. The average molecular weight is 159 g/mol. The maximum absolute atomic E-state index is 10.4. The molecule has 0 saturated carbocycles.